The first-order valence-corrected chi connectivity index (χ1v) is 4.05. The van der Waals surface area contributed by atoms with E-state index >= 15 is 0 Å². The molecular formula is C8H14FN3. The van der Waals surface area contributed by atoms with Gasteiger partial charge in [0.15, 0.2) is 0 Å². The molecule has 1 aromatic rings. The van der Waals surface area contributed by atoms with Gasteiger partial charge in [0.2, 0.25) is 0 Å². The molecule has 0 spiro atoms. The van der Waals surface area contributed by atoms with E-state index in [1.54, 1.807) is 10.9 Å². The first-order valence-electron chi connectivity index (χ1n) is 4.05. The molecule has 68 valence electrons. The van der Waals surface area contributed by atoms with Crippen molar-refractivity contribution in [1.82, 2.24) is 9.78 Å². The van der Waals surface area contributed by atoms with Crippen LogP contribution in [0.4, 0.5) is 4.39 Å². The number of nitrogens with two attached hydrogens (primary N) is 1. The molecule has 1 atom stereocenters. The fraction of sp³-hybridized carbons (Fsp3) is 0.625. The van der Waals surface area contributed by atoms with Crippen LogP contribution in [-0.4, -0.2) is 22.5 Å². The lowest BCUT2D eigenvalue weighted by Gasteiger charge is -1.99. The Bertz CT molecular complexity index is 232. The second-order valence-corrected chi connectivity index (χ2v) is 2.98. The molecule has 0 bridgehead atoms. The monoisotopic (exact) mass is 171 g/mol. The van der Waals surface area contributed by atoms with E-state index < -0.39 is 0 Å². The largest absolute Gasteiger partial charge is 0.328 e. The van der Waals surface area contributed by atoms with Crippen LogP contribution in [-0.2, 0) is 13.0 Å². The number of halogens is 1. The molecule has 1 heterocycles. The number of aromatic nitrogens is 2. The third-order valence-electron chi connectivity index (χ3n) is 1.56. The SMILES string of the molecule is CC(N)Cc1cnn(CCF)c1. The first kappa shape index (κ1) is 9.19. The predicted octanol–water partition coefficient (Wildman–Crippen LogP) is 0.742. The molecule has 0 aliphatic carbocycles. The summed E-state index contributed by atoms with van der Waals surface area (Å²) in [6.07, 6.45) is 4.37. The van der Waals surface area contributed by atoms with Crippen molar-refractivity contribution in [1.29, 1.82) is 0 Å². The van der Waals surface area contributed by atoms with Crippen molar-refractivity contribution in [3.8, 4) is 0 Å². The standard InChI is InChI=1S/C8H14FN3/c1-7(10)4-8-5-11-12(6-8)3-2-9/h5-7H,2-4,10H2,1H3. The van der Waals surface area contributed by atoms with Crippen molar-refractivity contribution in [3.05, 3.63) is 18.0 Å². The Labute approximate surface area is 71.4 Å². The molecule has 1 rings (SSSR count). The minimum Gasteiger partial charge on any atom is -0.328 e. The van der Waals surface area contributed by atoms with Crippen LogP contribution in [0.5, 0.6) is 0 Å². The average Bonchev–Trinajstić information content (AvgIpc) is 2.36. The molecule has 0 radical (unpaired) electrons. The topological polar surface area (TPSA) is 43.8 Å². The zero-order chi connectivity index (χ0) is 8.97. The van der Waals surface area contributed by atoms with Crippen LogP contribution < -0.4 is 5.73 Å². The van der Waals surface area contributed by atoms with Gasteiger partial charge in [-0.25, -0.2) is 4.39 Å². The molecule has 12 heavy (non-hydrogen) atoms. The van der Waals surface area contributed by atoms with Crippen molar-refractivity contribution < 1.29 is 4.39 Å². The minimum absolute atomic E-state index is 0.132. The highest BCUT2D eigenvalue weighted by Gasteiger charge is 2.00. The van der Waals surface area contributed by atoms with Crippen LogP contribution in [0.25, 0.3) is 0 Å². The van der Waals surface area contributed by atoms with E-state index in [0.29, 0.717) is 6.54 Å². The highest BCUT2D eigenvalue weighted by Crippen LogP contribution is 2.00. The van der Waals surface area contributed by atoms with Gasteiger partial charge >= 0.3 is 0 Å². The smallest absolute Gasteiger partial charge is 0.109 e. The molecule has 1 aromatic heterocycles. The highest BCUT2D eigenvalue weighted by atomic mass is 19.1. The molecule has 4 heteroatoms. The Morgan fingerprint density at radius 2 is 2.50 bits per heavy atom. The van der Waals surface area contributed by atoms with E-state index in [1.165, 1.54) is 0 Å². The lowest BCUT2D eigenvalue weighted by Crippen LogP contribution is -2.17. The van der Waals surface area contributed by atoms with E-state index in [0.717, 1.165) is 12.0 Å². The lowest BCUT2D eigenvalue weighted by molar-refractivity contribution is 0.427. The molecule has 0 aliphatic rings. The van der Waals surface area contributed by atoms with Crippen LogP contribution in [0, 0.1) is 0 Å². The van der Waals surface area contributed by atoms with Crippen molar-refractivity contribution >= 4 is 0 Å². The Balaban J connectivity index is 2.52. The van der Waals surface area contributed by atoms with Crippen LogP contribution in [0.2, 0.25) is 0 Å². The predicted molar refractivity (Wildman–Crippen MR) is 45.6 cm³/mol. The molecular weight excluding hydrogens is 157 g/mol. The minimum atomic E-state index is -0.376. The van der Waals surface area contributed by atoms with Crippen molar-refractivity contribution in [3.63, 3.8) is 0 Å². The Hall–Kier alpha value is -0.900. The quantitative estimate of drug-likeness (QED) is 0.726. The van der Waals surface area contributed by atoms with Crippen LogP contribution >= 0.6 is 0 Å². The maximum Gasteiger partial charge on any atom is 0.109 e. The number of hydrogen-bond donors (Lipinski definition) is 1. The molecule has 0 saturated carbocycles. The normalized spacial score (nSPS) is 13.2. The van der Waals surface area contributed by atoms with Crippen LogP contribution in [0.1, 0.15) is 12.5 Å². The molecule has 0 amide bonds. The number of rotatable bonds is 4. The van der Waals surface area contributed by atoms with E-state index in [2.05, 4.69) is 5.10 Å². The van der Waals surface area contributed by atoms with Gasteiger partial charge in [0, 0.05) is 12.2 Å². The van der Waals surface area contributed by atoms with Gasteiger partial charge in [-0.3, -0.25) is 4.68 Å². The van der Waals surface area contributed by atoms with E-state index in [4.69, 9.17) is 5.73 Å². The van der Waals surface area contributed by atoms with E-state index in [9.17, 15) is 4.39 Å². The fourth-order valence-corrected chi connectivity index (χ4v) is 1.09. The number of aryl methyl sites for hydroxylation is 1. The molecule has 1 unspecified atom stereocenters. The summed E-state index contributed by atoms with van der Waals surface area (Å²) in [6, 6.07) is 0.132. The third-order valence-corrected chi connectivity index (χ3v) is 1.56. The molecule has 3 nitrogen and oxygen atoms in total. The van der Waals surface area contributed by atoms with Gasteiger partial charge in [-0.15, -0.1) is 0 Å². The Kier molecular flexibility index (Phi) is 3.22. The van der Waals surface area contributed by atoms with Gasteiger partial charge < -0.3 is 5.73 Å². The summed E-state index contributed by atoms with van der Waals surface area (Å²) in [6.45, 7) is 1.89. The lowest BCUT2D eigenvalue weighted by atomic mass is 10.1. The van der Waals surface area contributed by atoms with Gasteiger partial charge in [0.25, 0.3) is 0 Å². The van der Waals surface area contributed by atoms with Gasteiger partial charge in [-0.1, -0.05) is 0 Å². The van der Waals surface area contributed by atoms with Crippen LogP contribution in [0.15, 0.2) is 12.4 Å². The molecule has 0 aliphatic heterocycles. The maximum atomic E-state index is 11.9. The van der Waals surface area contributed by atoms with E-state index in [-0.39, 0.29) is 12.7 Å². The Morgan fingerprint density at radius 3 is 3.08 bits per heavy atom. The molecule has 0 saturated heterocycles. The van der Waals surface area contributed by atoms with Gasteiger partial charge in [-0.05, 0) is 18.9 Å². The van der Waals surface area contributed by atoms with Gasteiger partial charge in [-0.2, -0.15) is 5.10 Å². The highest BCUT2D eigenvalue weighted by molar-refractivity contribution is 5.05. The summed E-state index contributed by atoms with van der Waals surface area (Å²) < 4.78 is 13.5. The first-order chi connectivity index (χ1) is 5.72. The zero-order valence-electron chi connectivity index (χ0n) is 7.20. The fourth-order valence-electron chi connectivity index (χ4n) is 1.09. The Morgan fingerprint density at radius 1 is 1.75 bits per heavy atom. The summed E-state index contributed by atoms with van der Waals surface area (Å²) in [5.41, 5.74) is 6.66. The van der Waals surface area contributed by atoms with E-state index in [1.807, 2.05) is 13.1 Å². The molecule has 0 aromatic carbocycles. The summed E-state index contributed by atoms with van der Waals surface area (Å²) in [5, 5.41) is 3.98. The summed E-state index contributed by atoms with van der Waals surface area (Å²) in [5.74, 6) is 0. The number of alkyl halides is 1. The number of hydrogen-bond acceptors (Lipinski definition) is 2. The second kappa shape index (κ2) is 4.21. The third kappa shape index (κ3) is 2.62. The maximum absolute atomic E-state index is 11.9. The van der Waals surface area contributed by atoms with Crippen LogP contribution in [0.3, 0.4) is 0 Å². The van der Waals surface area contributed by atoms with Crippen molar-refractivity contribution in [2.24, 2.45) is 5.73 Å². The second-order valence-electron chi connectivity index (χ2n) is 2.98. The average molecular weight is 171 g/mol. The summed E-state index contributed by atoms with van der Waals surface area (Å²) in [4.78, 5) is 0. The molecule has 0 fully saturated rings. The summed E-state index contributed by atoms with van der Waals surface area (Å²) in [7, 11) is 0. The zero-order valence-corrected chi connectivity index (χ0v) is 7.20. The number of nitrogens with zero attached hydrogens (tertiary/aromatic N) is 2. The van der Waals surface area contributed by atoms with Crippen molar-refractivity contribution in [2.45, 2.75) is 25.9 Å². The van der Waals surface area contributed by atoms with Gasteiger partial charge in [0.05, 0.1) is 12.7 Å². The van der Waals surface area contributed by atoms with Crippen molar-refractivity contribution in [2.75, 3.05) is 6.67 Å². The molecule has 2 N–H and O–H groups in total. The van der Waals surface area contributed by atoms with Gasteiger partial charge in [0.1, 0.15) is 6.67 Å². The summed E-state index contributed by atoms with van der Waals surface area (Å²) >= 11 is 0.